The van der Waals surface area contributed by atoms with Gasteiger partial charge in [0, 0.05) is 43.1 Å². The molecule has 0 bridgehead atoms. The van der Waals surface area contributed by atoms with E-state index in [-0.39, 0.29) is 11.9 Å². The number of aliphatic imine (C=N–C) groups is 2. The van der Waals surface area contributed by atoms with Crippen LogP contribution < -0.4 is 32.4 Å². The Balaban J connectivity index is 0.000000632. The van der Waals surface area contributed by atoms with Gasteiger partial charge in [-0.3, -0.25) is 19.1 Å². The zero-order valence-corrected chi connectivity index (χ0v) is 27.0. The van der Waals surface area contributed by atoms with Crippen molar-refractivity contribution in [3.63, 3.8) is 0 Å². The van der Waals surface area contributed by atoms with Gasteiger partial charge in [-0.15, -0.1) is 0 Å². The van der Waals surface area contributed by atoms with Gasteiger partial charge in [-0.2, -0.15) is 31.9 Å². The molecule has 39 heavy (non-hydrogen) atoms. The molecular weight excluding hydrogens is 700 g/mol. The third kappa shape index (κ3) is 21.6. The predicted molar refractivity (Wildman–Crippen MR) is 169 cm³/mol. The molecular formula is C22H34Br2N6O6S3. The lowest BCUT2D eigenvalue weighted by Crippen LogP contribution is -2.23. The summed E-state index contributed by atoms with van der Waals surface area (Å²) >= 11 is 10.4. The number of nitrogens with two attached hydrogens (primary N) is 4. The lowest BCUT2D eigenvalue weighted by molar-refractivity contribution is 0.381. The fraction of sp³-hybridized carbons (Fsp3) is 0.364. The molecule has 0 aliphatic heterocycles. The largest absolute Gasteiger partial charge is 0.496 e. The first-order chi connectivity index (χ1) is 18.3. The van der Waals surface area contributed by atoms with Crippen LogP contribution in [0.15, 0.2) is 55.3 Å². The van der Waals surface area contributed by atoms with Crippen LogP contribution in [0.2, 0.25) is 0 Å². The highest BCUT2D eigenvalue weighted by Gasteiger charge is 2.04. The first kappa shape index (κ1) is 37.1. The summed E-state index contributed by atoms with van der Waals surface area (Å²) in [4.78, 5) is 7.85. The molecule has 0 radical (unpaired) electrons. The van der Waals surface area contributed by atoms with Crippen LogP contribution in [0.1, 0.15) is 11.1 Å². The Bertz CT molecular complexity index is 1080. The van der Waals surface area contributed by atoms with E-state index in [0.29, 0.717) is 13.1 Å². The molecule has 2 rings (SSSR count). The number of methoxy groups -OCH3 is 2. The molecule has 0 saturated carbocycles. The van der Waals surface area contributed by atoms with Crippen LogP contribution in [0.4, 0.5) is 0 Å². The van der Waals surface area contributed by atoms with Crippen molar-refractivity contribution in [1.29, 1.82) is 0 Å². The third-order valence-corrected chi connectivity index (χ3v) is 7.02. The minimum atomic E-state index is -4.67. The summed E-state index contributed by atoms with van der Waals surface area (Å²) in [7, 11) is -1.31. The normalized spacial score (nSPS) is 10.2. The monoisotopic (exact) mass is 732 g/mol. The van der Waals surface area contributed by atoms with Crippen molar-refractivity contribution in [2.45, 2.75) is 11.5 Å². The molecule has 17 heteroatoms. The average molecular weight is 735 g/mol. The molecule has 0 amide bonds. The van der Waals surface area contributed by atoms with E-state index in [2.05, 4.69) is 54.0 Å². The molecule has 0 heterocycles. The van der Waals surface area contributed by atoms with Crippen LogP contribution in [-0.4, -0.2) is 68.3 Å². The molecule has 220 valence electrons. The molecule has 0 atom stereocenters. The van der Waals surface area contributed by atoms with Crippen LogP contribution in [-0.2, 0) is 21.9 Å². The van der Waals surface area contributed by atoms with Gasteiger partial charge in [0.25, 0.3) is 0 Å². The van der Waals surface area contributed by atoms with Gasteiger partial charge in [0.2, 0.25) is 0 Å². The summed E-state index contributed by atoms with van der Waals surface area (Å²) < 4.78 is 44.3. The number of benzene rings is 2. The Labute approximate surface area is 254 Å². The molecule has 2 aromatic rings. The van der Waals surface area contributed by atoms with Crippen molar-refractivity contribution in [3.05, 3.63) is 56.5 Å². The molecule has 0 saturated heterocycles. The first-order valence-corrected chi connectivity index (χ1v) is 16.2. The Hall–Kier alpha value is -1.89. The van der Waals surface area contributed by atoms with Crippen molar-refractivity contribution < 1.29 is 27.0 Å². The Morgan fingerprint density at radius 3 is 1.41 bits per heavy atom. The quantitative estimate of drug-likeness (QED) is 0.0801. The second-order valence-electron chi connectivity index (χ2n) is 7.08. The maximum Gasteiger partial charge on any atom is 0.394 e. The predicted octanol–water partition coefficient (Wildman–Crippen LogP) is 3.28. The molecule has 0 fully saturated rings. The highest BCUT2D eigenvalue weighted by atomic mass is 79.9. The zero-order chi connectivity index (χ0) is 29.8. The molecule has 2 aromatic carbocycles. The number of guanidine groups is 2. The van der Waals surface area contributed by atoms with E-state index in [9.17, 15) is 0 Å². The Morgan fingerprint density at radius 2 is 1.13 bits per heavy atom. The maximum absolute atomic E-state index is 8.74. The maximum atomic E-state index is 8.74. The van der Waals surface area contributed by atoms with Crippen molar-refractivity contribution >= 4 is 77.7 Å². The molecule has 0 unspecified atom stereocenters. The van der Waals surface area contributed by atoms with E-state index in [4.69, 9.17) is 49.9 Å². The van der Waals surface area contributed by atoms with Crippen molar-refractivity contribution in [2.24, 2.45) is 32.9 Å². The number of nitrogens with zero attached hydrogens (tertiary/aromatic N) is 2. The van der Waals surface area contributed by atoms with Crippen molar-refractivity contribution in [3.8, 4) is 11.5 Å². The number of ether oxygens (including phenoxy) is 2. The second kappa shape index (κ2) is 20.9. The summed E-state index contributed by atoms with van der Waals surface area (Å²) in [6.07, 6.45) is 0. The lowest BCUT2D eigenvalue weighted by atomic mass is 10.2. The summed E-state index contributed by atoms with van der Waals surface area (Å²) in [5, 5.41) is 0. The summed E-state index contributed by atoms with van der Waals surface area (Å²) in [6, 6.07) is 12.0. The van der Waals surface area contributed by atoms with Gasteiger partial charge in [-0.05, 0) is 36.4 Å². The molecule has 0 aliphatic carbocycles. The molecule has 0 aliphatic rings. The third-order valence-electron chi connectivity index (χ3n) is 4.06. The van der Waals surface area contributed by atoms with E-state index in [1.54, 1.807) is 37.7 Å². The summed E-state index contributed by atoms with van der Waals surface area (Å²) in [5.74, 6) is 5.62. The number of hydrogen-bond donors (Lipinski definition) is 6. The van der Waals surface area contributed by atoms with Gasteiger partial charge in [-0.25, -0.2) is 0 Å². The number of thioether (sulfide) groups is 2. The SMILES string of the molecule is COc1ccc(Br)cc1CSCCN=C(N)N.COc1ccc(Br)cc1CSCCN=C(N)N.O=S(=O)(O)O. The number of rotatable bonds is 12. The lowest BCUT2D eigenvalue weighted by Gasteiger charge is -2.08. The van der Waals surface area contributed by atoms with E-state index < -0.39 is 10.4 Å². The average Bonchev–Trinajstić information content (AvgIpc) is 2.83. The van der Waals surface area contributed by atoms with Gasteiger partial charge >= 0.3 is 10.4 Å². The van der Waals surface area contributed by atoms with Crippen LogP contribution in [0.25, 0.3) is 0 Å². The highest BCUT2D eigenvalue weighted by molar-refractivity contribution is 9.10. The highest BCUT2D eigenvalue weighted by Crippen LogP contribution is 2.27. The van der Waals surface area contributed by atoms with Gasteiger partial charge in [0.1, 0.15) is 11.5 Å². The van der Waals surface area contributed by atoms with E-state index in [0.717, 1.165) is 54.6 Å². The van der Waals surface area contributed by atoms with Crippen molar-refractivity contribution in [2.75, 3.05) is 38.8 Å². The molecule has 0 aromatic heterocycles. The van der Waals surface area contributed by atoms with Crippen LogP contribution in [0.3, 0.4) is 0 Å². The van der Waals surface area contributed by atoms with E-state index in [1.807, 2.05) is 24.3 Å². The smallest absolute Gasteiger partial charge is 0.394 e. The van der Waals surface area contributed by atoms with Gasteiger partial charge in [0.15, 0.2) is 11.9 Å². The van der Waals surface area contributed by atoms with Crippen LogP contribution in [0, 0.1) is 0 Å². The second-order valence-corrected chi connectivity index (χ2v) is 12.0. The van der Waals surface area contributed by atoms with Gasteiger partial charge < -0.3 is 32.4 Å². The molecule has 10 N–H and O–H groups in total. The summed E-state index contributed by atoms with van der Waals surface area (Å²) in [6.45, 7) is 1.28. The number of hydrogen-bond acceptors (Lipinski definition) is 8. The van der Waals surface area contributed by atoms with Crippen LogP contribution >= 0.6 is 55.4 Å². The van der Waals surface area contributed by atoms with Gasteiger partial charge in [0.05, 0.1) is 27.3 Å². The van der Waals surface area contributed by atoms with E-state index in [1.165, 1.54) is 0 Å². The molecule has 12 nitrogen and oxygen atoms in total. The Morgan fingerprint density at radius 1 is 0.795 bits per heavy atom. The van der Waals surface area contributed by atoms with E-state index >= 15 is 0 Å². The zero-order valence-electron chi connectivity index (χ0n) is 21.4. The first-order valence-electron chi connectivity index (χ1n) is 10.9. The summed E-state index contributed by atoms with van der Waals surface area (Å²) in [5.41, 5.74) is 23.3. The minimum absolute atomic E-state index is 0.144. The Kier molecular flexibility index (Phi) is 19.9. The van der Waals surface area contributed by atoms with Crippen LogP contribution in [0.5, 0.6) is 11.5 Å². The number of halogens is 2. The minimum Gasteiger partial charge on any atom is -0.496 e. The standard InChI is InChI=1S/2C11H16BrN3OS.H2O4S/c2*1-16-10-3-2-9(12)6-8(10)7-17-5-4-15-11(13)14;1-5(2,3)4/h2*2-3,6H,4-5,7H2,1H3,(H4,13,14,15);(H2,1,2,3,4). The van der Waals surface area contributed by atoms with Crippen molar-refractivity contribution in [1.82, 2.24) is 0 Å². The topological polar surface area (TPSA) is 222 Å². The molecule has 0 spiro atoms. The fourth-order valence-corrected chi connectivity index (χ4v) is 5.00. The van der Waals surface area contributed by atoms with Gasteiger partial charge in [-0.1, -0.05) is 31.9 Å². The fourth-order valence-electron chi connectivity index (χ4n) is 2.56.